The Morgan fingerprint density at radius 1 is 1.16 bits per heavy atom. The fourth-order valence-electron chi connectivity index (χ4n) is 2.17. The summed E-state index contributed by atoms with van der Waals surface area (Å²) in [6.45, 7) is 2.95. The lowest BCUT2D eigenvalue weighted by Crippen LogP contribution is -2.20. The van der Waals surface area contributed by atoms with Crippen LogP contribution in [0.1, 0.15) is 24.5 Å². The van der Waals surface area contributed by atoms with Gasteiger partial charge in [-0.2, -0.15) is 0 Å². The molecule has 0 atom stereocenters. The highest BCUT2D eigenvalue weighted by atomic mass is 15.2. The van der Waals surface area contributed by atoms with E-state index in [9.17, 15) is 0 Å². The molecule has 4 nitrogen and oxygen atoms in total. The van der Waals surface area contributed by atoms with Crippen LogP contribution >= 0.6 is 0 Å². The molecule has 1 aromatic heterocycles. The molecule has 1 heterocycles. The third-order valence-corrected chi connectivity index (χ3v) is 3.08. The summed E-state index contributed by atoms with van der Waals surface area (Å²) in [5.41, 5.74) is 8.26. The van der Waals surface area contributed by atoms with Gasteiger partial charge in [0, 0.05) is 19.2 Å². The van der Waals surface area contributed by atoms with Crippen molar-refractivity contribution in [2.24, 2.45) is 0 Å². The summed E-state index contributed by atoms with van der Waals surface area (Å²) in [6, 6.07) is 10.3. The van der Waals surface area contributed by atoms with Gasteiger partial charge in [-0.3, -0.25) is 0 Å². The molecule has 100 valence electrons. The van der Waals surface area contributed by atoms with Crippen molar-refractivity contribution in [3.8, 4) is 0 Å². The van der Waals surface area contributed by atoms with Crippen molar-refractivity contribution >= 4 is 11.6 Å². The van der Waals surface area contributed by atoms with Gasteiger partial charge in [-0.15, -0.1) is 0 Å². The van der Waals surface area contributed by atoms with E-state index in [0.29, 0.717) is 5.82 Å². The monoisotopic (exact) mass is 256 g/mol. The normalized spacial score (nSPS) is 10.4. The molecule has 2 aromatic rings. The fourth-order valence-corrected chi connectivity index (χ4v) is 2.17. The summed E-state index contributed by atoms with van der Waals surface area (Å²) in [6.07, 6.45) is 3.47. The Hall–Kier alpha value is -2.10. The van der Waals surface area contributed by atoms with Crippen LogP contribution < -0.4 is 10.6 Å². The lowest BCUT2D eigenvalue weighted by atomic mass is 10.1. The number of nitrogens with two attached hydrogens (primary N) is 1. The van der Waals surface area contributed by atoms with Gasteiger partial charge in [-0.05, 0) is 12.0 Å². The maximum absolute atomic E-state index is 5.96. The second kappa shape index (κ2) is 6.18. The molecule has 0 fully saturated rings. The summed E-state index contributed by atoms with van der Waals surface area (Å²) in [5.74, 6) is 1.52. The van der Waals surface area contributed by atoms with Crippen LogP contribution in [0.4, 0.5) is 11.6 Å². The van der Waals surface area contributed by atoms with Crippen molar-refractivity contribution in [1.82, 2.24) is 9.97 Å². The zero-order valence-corrected chi connectivity index (χ0v) is 11.5. The standard InChI is InChI=1S/C15H20N4/c1-3-7-13-14(16)17-11-18-15(13)19(2)10-12-8-5-4-6-9-12/h4-6,8-9,11H,3,7,10H2,1-2H3,(H2,16,17,18). The molecule has 0 saturated carbocycles. The Morgan fingerprint density at radius 3 is 2.58 bits per heavy atom. The van der Waals surface area contributed by atoms with Crippen molar-refractivity contribution in [2.75, 3.05) is 17.7 Å². The van der Waals surface area contributed by atoms with E-state index in [-0.39, 0.29) is 0 Å². The van der Waals surface area contributed by atoms with E-state index in [1.807, 2.05) is 25.2 Å². The number of benzene rings is 1. The molecule has 0 aliphatic heterocycles. The van der Waals surface area contributed by atoms with E-state index in [4.69, 9.17) is 5.73 Å². The first-order chi connectivity index (χ1) is 9.22. The van der Waals surface area contributed by atoms with Gasteiger partial charge in [-0.1, -0.05) is 43.7 Å². The van der Waals surface area contributed by atoms with Gasteiger partial charge in [0.2, 0.25) is 0 Å². The minimum Gasteiger partial charge on any atom is -0.383 e. The first-order valence-corrected chi connectivity index (χ1v) is 6.56. The summed E-state index contributed by atoms with van der Waals surface area (Å²) >= 11 is 0. The highest BCUT2D eigenvalue weighted by molar-refractivity contribution is 5.56. The molecular weight excluding hydrogens is 236 g/mol. The molecule has 0 aliphatic carbocycles. The van der Waals surface area contributed by atoms with Crippen molar-refractivity contribution in [3.63, 3.8) is 0 Å². The summed E-state index contributed by atoms with van der Waals surface area (Å²) in [5, 5.41) is 0. The van der Waals surface area contributed by atoms with Crippen LogP contribution in [-0.2, 0) is 13.0 Å². The number of hydrogen-bond acceptors (Lipinski definition) is 4. The summed E-state index contributed by atoms with van der Waals surface area (Å²) < 4.78 is 0. The van der Waals surface area contributed by atoms with Crippen molar-refractivity contribution < 1.29 is 0 Å². The van der Waals surface area contributed by atoms with Crippen LogP contribution in [0, 0.1) is 0 Å². The molecule has 0 unspecified atom stereocenters. The number of nitrogens with zero attached hydrogens (tertiary/aromatic N) is 3. The average molecular weight is 256 g/mol. The van der Waals surface area contributed by atoms with Crippen LogP contribution in [0.15, 0.2) is 36.7 Å². The number of rotatable bonds is 5. The van der Waals surface area contributed by atoms with Crippen LogP contribution in [0.25, 0.3) is 0 Å². The van der Waals surface area contributed by atoms with E-state index in [0.717, 1.165) is 30.8 Å². The molecule has 0 saturated heterocycles. The molecule has 2 N–H and O–H groups in total. The Bertz CT molecular complexity index is 525. The highest BCUT2D eigenvalue weighted by Gasteiger charge is 2.12. The number of aromatic nitrogens is 2. The molecular formula is C15H20N4. The molecule has 0 bridgehead atoms. The minimum absolute atomic E-state index is 0.590. The Balaban J connectivity index is 2.23. The molecule has 19 heavy (non-hydrogen) atoms. The predicted molar refractivity (Wildman–Crippen MR) is 79.0 cm³/mol. The van der Waals surface area contributed by atoms with Crippen molar-refractivity contribution in [3.05, 3.63) is 47.8 Å². The number of nitrogen functional groups attached to an aromatic ring is 1. The average Bonchev–Trinajstić information content (AvgIpc) is 2.42. The highest BCUT2D eigenvalue weighted by Crippen LogP contribution is 2.23. The Labute approximate surface area is 114 Å². The Kier molecular flexibility index (Phi) is 4.34. The summed E-state index contributed by atoms with van der Waals surface area (Å²) in [4.78, 5) is 10.6. The molecule has 0 aliphatic rings. The van der Waals surface area contributed by atoms with E-state index in [2.05, 4.69) is 33.9 Å². The van der Waals surface area contributed by atoms with E-state index in [1.54, 1.807) is 0 Å². The van der Waals surface area contributed by atoms with Gasteiger partial charge < -0.3 is 10.6 Å². The van der Waals surface area contributed by atoms with Crippen molar-refractivity contribution in [1.29, 1.82) is 0 Å². The number of hydrogen-bond donors (Lipinski definition) is 1. The van der Waals surface area contributed by atoms with Crippen LogP contribution in [0.3, 0.4) is 0 Å². The fraction of sp³-hybridized carbons (Fsp3) is 0.333. The maximum atomic E-state index is 5.96. The molecule has 2 rings (SSSR count). The summed E-state index contributed by atoms with van der Waals surface area (Å²) in [7, 11) is 2.04. The topological polar surface area (TPSA) is 55.0 Å². The smallest absolute Gasteiger partial charge is 0.137 e. The first kappa shape index (κ1) is 13.3. The predicted octanol–water partition coefficient (Wildman–Crippen LogP) is 2.65. The number of anilines is 2. The second-order valence-electron chi connectivity index (χ2n) is 4.65. The molecule has 0 amide bonds. The zero-order chi connectivity index (χ0) is 13.7. The van der Waals surface area contributed by atoms with Gasteiger partial charge in [-0.25, -0.2) is 9.97 Å². The SMILES string of the molecule is CCCc1c(N)ncnc1N(C)Cc1ccccc1. The van der Waals surface area contributed by atoms with Gasteiger partial charge in [0.15, 0.2) is 0 Å². The first-order valence-electron chi connectivity index (χ1n) is 6.56. The van der Waals surface area contributed by atoms with E-state index >= 15 is 0 Å². The quantitative estimate of drug-likeness (QED) is 0.893. The largest absolute Gasteiger partial charge is 0.383 e. The van der Waals surface area contributed by atoms with Gasteiger partial charge in [0.05, 0.1) is 0 Å². The lowest BCUT2D eigenvalue weighted by Gasteiger charge is -2.21. The van der Waals surface area contributed by atoms with Gasteiger partial charge >= 0.3 is 0 Å². The molecule has 0 spiro atoms. The minimum atomic E-state index is 0.590. The van der Waals surface area contributed by atoms with E-state index < -0.39 is 0 Å². The molecule has 4 heteroatoms. The van der Waals surface area contributed by atoms with Crippen LogP contribution in [-0.4, -0.2) is 17.0 Å². The van der Waals surface area contributed by atoms with Crippen molar-refractivity contribution in [2.45, 2.75) is 26.3 Å². The molecule has 1 aromatic carbocycles. The van der Waals surface area contributed by atoms with Gasteiger partial charge in [0.25, 0.3) is 0 Å². The maximum Gasteiger partial charge on any atom is 0.137 e. The molecule has 0 radical (unpaired) electrons. The van der Waals surface area contributed by atoms with Crippen LogP contribution in [0.2, 0.25) is 0 Å². The second-order valence-corrected chi connectivity index (χ2v) is 4.65. The van der Waals surface area contributed by atoms with Crippen LogP contribution in [0.5, 0.6) is 0 Å². The van der Waals surface area contributed by atoms with E-state index in [1.165, 1.54) is 11.9 Å². The zero-order valence-electron chi connectivity index (χ0n) is 11.5. The Morgan fingerprint density at radius 2 is 1.89 bits per heavy atom. The van der Waals surface area contributed by atoms with Gasteiger partial charge in [0.1, 0.15) is 18.0 Å². The lowest BCUT2D eigenvalue weighted by molar-refractivity contribution is 0.846. The third kappa shape index (κ3) is 3.22. The third-order valence-electron chi connectivity index (χ3n) is 3.08.